The Labute approximate surface area is 155 Å². The maximum absolute atomic E-state index is 13.9. The van der Waals surface area contributed by atoms with Gasteiger partial charge in [-0.1, -0.05) is 12.1 Å². The lowest BCUT2D eigenvalue weighted by Gasteiger charge is -2.38. The van der Waals surface area contributed by atoms with Crippen molar-refractivity contribution >= 4 is 21.2 Å². The van der Waals surface area contributed by atoms with E-state index in [-0.39, 0.29) is 16.3 Å². The monoisotopic (exact) mass is 400 g/mol. The molecule has 27 heavy (non-hydrogen) atoms. The first-order valence-corrected chi connectivity index (χ1v) is 9.83. The predicted octanol–water partition coefficient (Wildman–Crippen LogP) is 3.16. The van der Waals surface area contributed by atoms with Crippen LogP contribution in [0.4, 0.5) is 24.5 Å². The SMILES string of the molecule is COc1ccc(N2CCN(c3ccccc3S(=O)(=O)C(F)F)CC2)cc1F. The molecule has 1 heterocycles. The summed E-state index contributed by atoms with van der Waals surface area (Å²) in [6.45, 7) is 1.83. The largest absolute Gasteiger partial charge is 0.494 e. The summed E-state index contributed by atoms with van der Waals surface area (Å²) in [5, 5.41) is 0. The van der Waals surface area contributed by atoms with Crippen LogP contribution in [0.15, 0.2) is 47.4 Å². The van der Waals surface area contributed by atoms with Gasteiger partial charge < -0.3 is 14.5 Å². The minimum atomic E-state index is -4.69. The maximum Gasteiger partial charge on any atom is 0.341 e. The Hall–Kier alpha value is -2.42. The van der Waals surface area contributed by atoms with Crippen molar-refractivity contribution < 1.29 is 26.3 Å². The Morgan fingerprint density at radius 3 is 2.22 bits per heavy atom. The number of alkyl halides is 2. The minimum absolute atomic E-state index is 0.156. The highest BCUT2D eigenvalue weighted by Crippen LogP contribution is 2.31. The number of nitrogens with zero attached hydrogens (tertiary/aromatic N) is 2. The lowest BCUT2D eigenvalue weighted by Crippen LogP contribution is -2.47. The second-order valence-electron chi connectivity index (χ2n) is 6.07. The third-order valence-electron chi connectivity index (χ3n) is 4.53. The first-order chi connectivity index (χ1) is 12.8. The van der Waals surface area contributed by atoms with Gasteiger partial charge in [0.05, 0.1) is 17.7 Å². The van der Waals surface area contributed by atoms with Crippen LogP contribution in [-0.4, -0.2) is 47.5 Å². The lowest BCUT2D eigenvalue weighted by molar-refractivity contribution is 0.235. The molecule has 3 rings (SSSR count). The molecule has 0 atom stereocenters. The maximum atomic E-state index is 13.9. The molecule has 0 aromatic heterocycles. The molecule has 0 unspecified atom stereocenters. The fourth-order valence-electron chi connectivity index (χ4n) is 3.11. The van der Waals surface area contributed by atoms with Gasteiger partial charge in [-0.15, -0.1) is 0 Å². The molecule has 0 bridgehead atoms. The molecule has 0 N–H and O–H groups in total. The van der Waals surface area contributed by atoms with Gasteiger partial charge in [-0.25, -0.2) is 12.8 Å². The normalized spacial score (nSPS) is 15.3. The number of rotatable bonds is 5. The Morgan fingerprint density at radius 2 is 1.63 bits per heavy atom. The van der Waals surface area contributed by atoms with Crippen molar-refractivity contribution in [2.75, 3.05) is 43.1 Å². The number of para-hydroxylation sites is 1. The van der Waals surface area contributed by atoms with Gasteiger partial charge in [0.1, 0.15) is 0 Å². The van der Waals surface area contributed by atoms with Crippen molar-refractivity contribution in [3.05, 3.63) is 48.3 Å². The molecule has 0 aliphatic carbocycles. The summed E-state index contributed by atoms with van der Waals surface area (Å²) < 4.78 is 68.6. The summed E-state index contributed by atoms with van der Waals surface area (Å²) in [7, 11) is -3.30. The Kier molecular flexibility index (Phi) is 5.50. The van der Waals surface area contributed by atoms with Crippen LogP contribution < -0.4 is 14.5 Å². The standard InChI is InChI=1S/C18H19F3N2O3S/c1-26-16-7-6-13(12-14(16)19)22-8-10-23(11-9-22)15-4-2-3-5-17(15)27(24,25)18(20)21/h2-7,12,18H,8-11H2,1H3. The number of benzene rings is 2. The van der Waals surface area contributed by atoms with Gasteiger partial charge >= 0.3 is 5.76 Å². The van der Waals surface area contributed by atoms with Crippen LogP contribution in [0.3, 0.4) is 0 Å². The minimum Gasteiger partial charge on any atom is -0.494 e. The number of anilines is 2. The molecule has 0 spiro atoms. The van der Waals surface area contributed by atoms with Gasteiger partial charge in [0.15, 0.2) is 11.6 Å². The van der Waals surface area contributed by atoms with E-state index in [9.17, 15) is 21.6 Å². The van der Waals surface area contributed by atoms with E-state index in [1.807, 2.05) is 4.90 Å². The summed E-state index contributed by atoms with van der Waals surface area (Å²) in [6, 6.07) is 10.4. The van der Waals surface area contributed by atoms with E-state index in [1.165, 1.54) is 31.4 Å². The van der Waals surface area contributed by atoms with Crippen molar-refractivity contribution in [2.45, 2.75) is 10.7 Å². The van der Waals surface area contributed by atoms with Crippen LogP contribution in [0.5, 0.6) is 5.75 Å². The van der Waals surface area contributed by atoms with E-state index in [2.05, 4.69) is 0 Å². The molecule has 146 valence electrons. The summed E-state index contributed by atoms with van der Waals surface area (Å²) in [4.78, 5) is 3.33. The third-order valence-corrected chi connectivity index (χ3v) is 5.95. The molecule has 1 aliphatic heterocycles. The van der Waals surface area contributed by atoms with Crippen LogP contribution in [0.1, 0.15) is 0 Å². The Bertz CT molecular complexity index is 914. The van der Waals surface area contributed by atoms with Crippen LogP contribution in [0.25, 0.3) is 0 Å². The molecular weight excluding hydrogens is 381 g/mol. The molecule has 2 aromatic carbocycles. The fraction of sp³-hybridized carbons (Fsp3) is 0.333. The van der Waals surface area contributed by atoms with Gasteiger partial charge in [0.2, 0.25) is 9.84 Å². The number of halogens is 3. The number of hydrogen-bond acceptors (Lipinski definition) is 5. The zero-order valence-electron chi connectivity index (χ0n) is 14.6. The number of hydrogen-bond donors (Lipinski definition) is 0. The zero-order valence-corrected chi connectivity index (χ0v) is 15.4. The van der Waals surface area contributed by atoms with Gasteiger partial charge in [-0.2, -0.15) is 8.78 Å². The first kappa shape index (κ1) is 19.3. The summed E-state index contributed by atoms with van der Waals surface area (Å²) in [5.74, 6) is -3.78. The quantitative estimate of drug-likeness (QED) is 0.772. The van der Waals surface area contributed by atoms with Crippen molar-refractivity contribution in [1.82, 2.24) is 0 Å². The van der Waals surface area contributed by atoms with Crippen LogP contribution in [-0.2, 0) is 9.84 Å². The van der Waals surface area contributed by atoms with E-state index in [4.69, 9.17) is 4.74 Å². The van der Waals surface area contributed by atoms with Gasteiger partial charge in [0.25, 0.3) is 0 Å². The molecule has 2 aromatic rings. The van der Waals surface area contributed by atoms with Crippen LogP contribution >= 0.6 is 0 Å². The molecule has 0 amide bonds. The topological polar surface area (TPSA) is 49.9 Å². The van der Waals surface area contributed by atoms with Gasteiger partial charge in [0, 0.05) is 37.9 Å². The lowest BCUT2D eigenvalue weighted by atomic mass is 10.2. The molecule has 1 saturated heterocycles. The summed E-state index contributed by atoms with van der Waals surface area (Å²) in [5.41, 5.74) is 0.944. The number of methoxy groups -OCH3 is 1. The van der Waals surface area contributed by atoms with E-state index in [0.717, 1.165) is 0 Å². The average molecular weight is 400 g/mol. The predicted molar refractivity (Wildman–Crippen MR) is 97.0 cm³/mol. The third kappa shape index (κ3) is 3.83. The molecular formula is C18H19F3N2O3S. The molecule has 0 radical (unpaired) electrons. The van der Waals surface area contributed by atoms with E-state index in [1.54, 1.807) is 23.1 Å². The molecule has 5 nitrogen and oxygen atoms in total. The Morgan fingerprint density at radius 1 is 1.00 bits per heavy atom. The van der Waals surface area contributed by atoms with Crippen molar-refractivity contribution in [1.29, 1.82) is 0 Å². The van der Waals surface area contributed by atoms with Crippen LogP contribution in [0.2, 0.25) is 0 Å². The molecule has 0 saturated carbocycles. The van der Waals surface area contributed by atoms with E-state index < -0.39 is 21.4 Å². The van der Waals surface area contributed by atoms with Crippen molar-refractivity contribution in [3.63, 3.8) is 0 Å². The second-order valence-corrected chi connectivity index (χ2v) is 7.95. The van der Waals surface area contributed by atoms with Crippen molar-refractivity contribution in [3.8, 4) is 5.75 Å². The molecule has 1 aliphatic rings. The second kappa shape index (κ2) is 7.67. The smallest absolute Gasteiger partial charge is 0.341 e. The first-order valence-electron chi connectivity index (χ1n) is 8.29. The highest BCUT2D eigenvalue weighted by molar-refractivity contribution is 7.91. The van der Waals surface area contributed by atoms with Crippen LogP contribution in [0, 0.1) is 5.82 Å². The number of piperazine rings is 1. The number of ether oxygens (including phenoxy) is 1. The molecule has 9 heteroatoms. The van der Waals surface area contributed by atoms with E-state index >= 15 is 0 Å². The van der Waals surface area contributed by atoms with E-state index in [0.29, 0.717) is 31.9 Å². The highest BCUT2D eigenvalue weighted by atomic mass is 32.2. The van der Waals surface area contributed by atoms with Gasteiger partial charge in [-0.3, -0.25) is 0 Å². The summed E-state index contributed by atoms with van der Waals surface area (Å²) in [6.07, 6.45) is 0. The fourth-order valence-corrected chi connectivity index (χ4v) is 4.06. The van der Waals surface area contributed by atoms with Crippen molar-refractivity contribution in [2.24, 2.45) is 0 Å². The Balaban J connectivity index is 1.78. The van der Waals surface area contributed by atoms with Gasteiger partial charge in [-0.05, 0) is 24.3 Å². The average Bonchev–Trinajstić information content (AvgIpc) is 2.68. The molecule has 1 fully saturated rings. The highest BCUT2D eigenvalue weighted by Gasteiger charge is 2.31. The zero-order chi connectivity index (χ0) is 19.6. The number of sulfone groups is 1. The summed E-state index contributed by atoms with van der Waals surface area (Å²) >= 11 is 0.